The van der Waals surface area contributed by atoms with Crippen LogP contribution in [0, 0.1) is 13.8 Å². The fraction of sp³-hybridized carbons (Fsp3) is 0.333. The van der Waals surface area contributed by atoms with E-state index in [2.05, 4.69) is 9.97 Å². The number of esters is 1. The number of H-pyrrole nitrogens is 1. The number of hydrogen-bond donors (Lipinski definition) is 1. The summed E-state index contributed by atoms with van der Waals surface area (Å²) in [5.74, 6) is -0.125. The van der Waals surface area contributed by atoms with Gasteiger partial charge in [-0.2, -0.15) is 0 Å². The number of nitrogens with zero attached hydrogens (tertiary/aromatic N) is 2. The molecule has 1 aromatic carbocycles. The van der Waals surface area contributed by atoms with Crippen LogP contribution in [0.5, 0.6) is 0 Å². The number of carbonyl (C=O) groups excluding carboxylic acids is 2. The Hall–Kier alpha value is -3.22. The van der Waals surface area contributed by atoms with Gasteiger partial charge >= 0.3 is 5.97 Å². The molecule has 0 fully saturated rings. The number of hydrogen-bond acceptors (Lipinski definition) is 5. The summed E-state index contributed by atoms with van der Waals surface area (Å²) in [5, 5.41) is 0.538. The van der Waals surface area contributed by atoms with E-state index < -0.39 is 5.97 Å². The highest BCUT2D eigenvalue weighted by molar-refractivity contribution is 5.99. The van der Waals surface area contributed by atoms with Gasteiger partial charge in [0.2, 0.25) is 5.78 Å². The van der Waals surface area contributed by atoms with Gasteiger partial charge in [-0.15, -0.1) is 0 Å². The third-order valence-corrected chi connectivity index (χ3v) is 4.90. The third-order valence-electron chi connectivity index (χ3n) is 4.90. The molecular formula is C21H23N3O4. The van der Waals surface area contributed by atoms with Crippen molar-refractivity contribution >= 4 is 22.7 Å². The maximum Gasteiger partial charge on any atom is 0.306 e. The zero-order valence-electron chi connectivity index (χ0n) is 16.2. The van der Waals surface area contributed by atoms with Crippen molar-refractivity contribution in [1.29, 1.82) is 0 Å². The molecule has 0 saturated heterocycles. The molecule has 0 aliphatic heterocycles. The van der Waals surface area contributed by atoms with Gasteiger partial charge in [0.25, 0.3) is 5.56 Å². The summed E-state index contributed by atoms with van der Waals surface area (Å²) in [5.41, 5.74) is 2.84. The van der Waals surface area contributed by atoms with Crippen LogP contribution in [0.4, 0.5) is 0 Å². The van der Waals surface area contributed by atoms with Crippen LogP contribution in [0.15, 0.2) is 35.1 Å². The summed E-state index contributed by atoms with van der Waals surface area (Å²) in [4.78, 5) is 43.4. The number of rotatable bonds is 7. The van der Waals surface area contributed by atoms with Gasteiger partial charge in [-0.1, -0.05) is 12.1 Å². The number of aromatic nitrogens is 3. The van der Waals surface area contributed by atoms with Crippen molar-refractivity contribution in [1.82, 2.24) is 14.5 Å². The van der Waals surface area contributed by atoms with Crippen molar-refractivity contribution in [3.05, 3.63) is 63.5 Å². The Labute approximate surface area is 162 Å². The van der Waals surface area contributed by atoms with E-state index >= 15 is 0 Å². The first-order valence-corrected chi connectivity index (χ1v) is 9.16. The van der Waals surface area contributed by atoms with Crippen LogP contribution in [0.25, 0.3) is 10.9 Å². The molecule has 28 heavy (non-hydrogen) atoms. The first kappa shape index (κ1) is 19.5. The molecular weight excluding hydrogens is 358 g/mol. The van der Waals surface area contributed by atoms with Gasteiger partial charge in [0, 0.05) is 36.8 Å². The van der Waals surface area contributed by atoms with Crippen LogP contribution in [0.3, 0.4) is 0 Å². The van der Waals surface area contributed by atoms with Crippen LogP contribution in [-0.4, -0.2) is 32.9 Å². The van der Waals surface area contributed by atoms with E-state index in [0.717, 1.165) is 11.4 Å². The molecule has 0 amide bonds. The minimum Gasteiger partial charge on any atom is -0.457 e. The third kappa shape index (κ3) is 4.19. The summed E-state index contributed by atoms with van der Waals surface area (Å²) in [6.45, 7) is 3.51. The average molecular weight is 381 g/mol. The van der Waals surface area contributed by atoms with E-state index in [9.17, 15) is 14.4 Å². The zero-order valence-corrected chi connectivity index (χ0v) is 16.2. The van der Waals surface area contributed by atoms with Crippen LogP contribution in [-0.2, 0) is 23.0 Å². The van der Waals surface area contributed by atoms with Gasteiger partial charge in [-0.25, -0.2) is 4.98 Å². The van der Waals surface area contributed by atoms with E-state index in [1.54, 1.807) is 24.3 Å². The number of fused-ring (bicyclic) bond motifs is 1. The number of para-hydroxylation sites is 1. The molecule has 146 valence electrons. The highest BCUT2D eigenvalue weighted by atomic mass is 16.5. The predicted molar refractivity (Wildman–Crippen MR) is 105 cm³/mol. The van der Waals surface area contributed by atoms with E-state index in [0.29, 0.717) is 35.1 Å². The van der Waals surface area contributed by atoms with Crippen LogP contribution in [0.2, 0.25) is 0 Å². The Morgan fingerprint density at radius 1 is 1.21 bits per heavy atom. The SMILES string of the molecule is Cc1cc(C(=O)COC(=O)CCCc2nc3ccccc3c(=O)[nH]2)c(C)n1C. The molecule has 0 bridgehead atoms. The number of aryl methyl sites for hydroxylation is 2. The molecule has 0 atom stereocenters. The van der Waals surface area contributed by atoms with Crippen LogP contribution in [0.1, 0.15) is 40.4 Å². The second-order valence-corrected chi connectivity index (χ2v) is 6.81. The highest BCUT2D eigenvalue weighted by Gasteiger charge is 2.16. The fourth-order valence-corrected chi connectivity index (χ4v) is 3.09. The minimum atomic E-state index is -0.443. The number of benzene rings is 1. The van der Waals surface area contributed by atoms with E-state index in [-0.39, 0.29) is 24.4 Å². The molecule has 0 spiro atoms. The highest BCUT2D eigenvalue weighted by Crippen LogP contribution is 2.14. The van der Waals surface area contributed by atoms with Crippen molar-refractivity contribution in [2.45, 2.75) is 33.1 Å². The number of ketones is 1. The van der Waals surface area contributed by atoms with Crippen molar-refractivity contribution in [2.75, 3.05) is 6.61 Å². The molecule has 2 heterocycles. The number of aromatic amines is 1. The van der Waals surface area contributed by atoms with Gasteiger partial charge < -0.3 is 14.3 Å². The first-order chi connectivity index (χ1) is 13.4. The molecule has 0 saturated carbocycles. The largest absolute Gasteiger partial charge is 0.457 e. The summed E-state index contributed by atoms with van der Waals surface area (Å²) in [7, 11) is 1.89. The first-order valence-electron chi connectivity index (χ1n) is 9.16. The van der Waals surface area contributed by atoms with Crippen molar-refractivity contribution in [3.63, 3.8) is 0 Å². The quantitative estimate of drug-likeness (QED) is 0.501. The fourth-order valence-electron chi connectivity index (χ4n) is 3.09. The maximum atomic E-state index is 12.3. The molecule has 0 aliphatic rings. The summed E-state index contributed by atoms with van der Waals surface area (Å²) in [6.07, 6.45) is 1.06. The Bertz CT molecular complexity index is 1090. The number of ether oxygens (including phenoxy) is 1. The summed E-state index contributed by atoms with van der Waals surface area (Å²) in [6, 6.07) is 8.90. The number of Topliss-reactive ketones (excluding diaryl/α,β-unsaturated/α-hetero) is 1. The average Bonchev–Trinajstić information content (AvgIpc) is 2.93. The smallest absolute Gasteiger partial charge is 0.306 e. The zero-order chi connectivity index (χ0) is 20.3. The Morgan fingerprint density at radius 2 is 1.96 bits per heavy atom. The predicted octanol–water partition coefficient (Wildman–Crippen LogP) is 2.63. The molecule has 3 aromatic rings. The second kappa shape index (κ2) is 8.21. The van der Waals surface area contributed by atoms with Gasteiger partial charge in [-0.3, -0.25) is 14.4 Å². The number of carbonyl (C=O) groups is 2. The monoisotopic (exact) mass is 381 g/mol. The second-order valence-electron chi connectivity index (χ2n) is 6.81. The van der Waals surface area contributed by atoms with Gasteiger partial charge in [0.15, 0.2) is 6.61 Å². The van der Waals surface area contributed by atoms with Crippen molar-refractivity contribution in [3.8, 4) is 0 Å². The van der Waals surface area contributed by atoms with Crippen molar-refractivity contribution < 1.29 is 14.3 Å². The lowest BCUT2D eigenvalue weighted by Crippen LogP contribution is -2.15. The minimum absolute atomic E-state index is 0.149. The molecule has 3 rings (SSSR count). The van der Waals surface area contributed by atoms with Gasteiger partial charge in [0.1, 0.15) is 5.82 Å². The topological polar surface area (TPSA) is 94.1 Å². The molecule has 7 nitrogen and oxygen atoms in total. The standard InChI is InChI=1S/C21H23N3O4/c1-13-11-16(14(2)24(13)3)18(25)12-28-20(26)10-6-9-19-22-17-8-5-4-7-15(17)21(27)23-19/h4-5,7-8,11H,6,9-10,12H2,1-3H3,(H,22,23,27). The molecule has 2 aromatic heterocycles. The van der Waals surface area contributed by atoms with Crippen LogP contribution < -0.4 is 5.56 Å². The molecule has 0 unspecified atom stereocenters. The van der Waals surface area contributed by atoms with Crippen molar-refractivity contribution in [2.24, 2.45) is 7.05 Å². The van der Waals surface area contributed by atoms with Crippen LogP contribution >= 0.6 is 0 Å². The maximum absolute atomic E-state index is 12.3. The summed E-state index contributed by atoms with van der Waals surface area (Å²) >= 11 is 0. The lowest BCUT2D eigenvalue weighted by molar-refractivity contribution is -0.142. The number of nitrogens with one attached hydrogen (secondary N) is 1. The normalized spacial score (nSPS) is 11.0. The lowest BCUT2D eigenvalue weighted by atomic mass is 10.1. The summed E-state index contributed by atoms with van der Waals surface area (Å²) < 4.78 is 7.03. The lowest BCUT2D eigenvalue weighted by Gasteiger charge is -2.05. The molecule has 1 N–H and O–H groups in total. The Morgan fingerprint density at radius 3 is 2.68 bits per heavy atom. The van der Waals surface area contributed by atoms with E-state index in [4.69, 9.17) is 4.74 Å². The Balaban J connectivity index is 1.50. The van der Waals surface area contributed by atoms with Gasteiger partial charge in [-0.05, 0) is 38.5 Å². The molecule has 0 radical (unpaired) electrons. The van der Waals surface area contributed by atoms with E-state index in [1.807, 2.05) is 31.5 Å². The van der Waals surface area contributed by atoms with E-state index in [1.165, 1.54) is 0 Å². The molecule has 0 aliphatic carbocycles. The molecule has 7 heteroatoms. The Kier molecular flexibility index (Phi) is 5.73. The van der Waals surface area contributed by atoms with Gasteiger partial charge in [0.05, 0.1) is 10.9 Å².